The number of hydrogen-bond donors (Lipinski definition) is 3. The molecule has 0 fully saturated rings. The van der Waals surface area contributed by atoms with E-state index in [2.05, 4.69) is 18.2 Å². The van der Waals surface area contributed by atoms with E-state index in [0.717, 1.165) is 34.2 Å². The number of benzene rings is 3. The highest BCUT2D eigenvalue weighted by Gasteiger charge is 2.14. The molecule has 1 aliphatic rings. The number of aromatic hydroxyl groups is 2. The highest BCUT2D eigenvalue weighted by molar-refractivity contribution is 5.75. The van der Waals surface area contributed by atoms with E-state index in [1.807, 2.05) is 36.4 Å². The van der Waals surface area contributed by atoms with Gasteiger partial charge in [0.15, 0.2) is 0 Å². The third kappa shape index (κ3) is 3.72. The van der Waals surface area contributed by atoms with Gasteiger partial charge in [0.25, 0.3) is 0 Å². The molecule has 3 nitrogen and oxygen atoms in total. The average Bonchev–Trinajstić information content (AvgIpc) is 2.69. The maximum Gasteiger partial charge on any atom is 0.115 e. The van der Waals surface area contributed by atoms with E-state index < -0.39 is 0 Å². The van der Waals surface area contributed by atoms with E-state index in [1.54, 1.807) is 30.3 Å². The molecular weight excluding hydrogens is 336 g/mol. The number of hydrogen-bond acceptors (Lipinski definition) is 3. The van der Waals surface area contributed by atoms with Crippen LogP contribution in [0, 0.1) is 0 Å². The van der Waals surface area contributed by atoms with Gasteiger partial charge in [-0.25, -0.2) is 0 Å². The zero-order valence-electron chi connectivity index (χ0n) is 14.7. The van der Waals surface area contributed by atoms with Crippen molar-refractivity contribution in [1.82, 2.24) is 0 Å². The topological polar surface area (TPSA) is 60.7 Å². The lowest BCUT2D eigenvalue weighted by atomic mass is 9.87. The first-order valence-electron chi connectivity index (χ1n) is 8.89. The fourth-order valence-electron chi connectivity index (χ4n) is 3.36. The van der Waals surface area contributed by atoms with E-state index in [4.69, 9.17) is 0 Å². The third-order valence-corrected chi connectivity index (χ3v) is 4.86. The standard InChI is InChI=1S/C24H20O3/c25-22-7-1-16(2-8-22)19-13-20(17-3-9-23(26)10-4-17)15-21(14-19)18-5-11-24(27)12-6-18/h1-5,7-15,18,25-27H,6H2. The van der Waals surface area contributed by atoms with Crippen molar-refractivity contribution in [3.05, 3.63) is 96.3 Å². The Morgan fingerprint density at radius 2 is 1.15 bits per heavy atom. The molecule has 0 saturated heterocycles. The number of phenolic OH excluding ortho intramolecular Hbond substituents is 2. The molecule has 1 atom stereocenters. The third-order valence-electron chi connectivity index (χ3n) is 4.86. The second-order valence-electron chi connectivity index (χ2n) is 6.77. The smallest absolute Gasteiger partial charge is 0.115 e. The summed E-state index contributed by atoms with van der Waals surface area (Å²) < 4.78 is 0. The van der Waals surface area contributed by atoms with Gasteiger partial charge in [0.05, 0.1) is 0 Å². The lowest BCUT2D eigenvalue weighted by Gasteiger charge is -2.18. The summed E-state index contributed by atoms with van der Waals surface area (Å²) in [5.41, 5.74) is 5.31. The lowest BCUT2D eigenvalue weighted by molar-refractivity contribution is 0.425. The first kappa shape index (κ1) is 17.0. The van der Waals surface area contributed by atoms with Gasteiger partial charge in [0.2, 0.25) is 0 Å². The summed E-state index contributed by atoms with van der Waals surface area (Å²) in [6.45, 7) is 0. The van der Waals surface area contributed by atoms with Crippen LogP contribution in [0.1, 0.15) is 17.9 Å². The van der Waals surface area contributed by atoms with Gasteiger partial charge in [-0.1, -0.05) is 42.5 Å². The van der Waals surface area contributed by atoms with Crippen LogP contribution in [0.4, 0.5) is 0 Å². The molecule has 0 aromatic heterocycles. The second-order valence-corrected chi connectivity index (χ2v) is 6.77. The summed E-state index contributed by atoms with van der Waals surface area (Å²) in [7, 11) is 0. The Morgan fingerprint density at radius 3 is 1.59 bits per heavy atom. The van der Waals surface area contributed by atoms with Crippen LogP contribution in [-0.2, 0) is 0 Å². The van der Waals surface area contributed by atoms with Crippen LogP contribution in [0.2, 0.25) is 0 Å². The molecule has 3 aromatic carbocycles. The molecule has 0 spiro atoms. The van der Waals surface area contributed by atoms with Gasteiger partial charge in [-0.05, 0) is 76.7 Å². The zero-order chi connectivity index (χ0) is 18.8. The summed E-state index contributed by atoms with van der Waals surface area (Å²) in [5, 5.41) is 28.8. The van der Waals surface area contributed by atoms with Crippen LogP contribution in [0.15, 0.2) is 90.7 Å². The van der Waals surface area contributed by atoms with E-state index in [0.29, 0.717) is 5.76 Å². The van der Waals surface area contributed by atoms with Crippen molar-refractivity contribution >= 4 is 0 Å². The van der Waals surface area contributed by atoms with Crippen LogP contribution in [-0.4, -0.2) is 15.3 Å². The number of aliphatic hydroxyl groups excluding tert-OH is 1. The normalized spacial score (nSPS) is 16.1. The van der Waals surface area contributed by atoms with Gasteiger partial charge < -0.3 is 15.3 Å². The molecule has 27 heavy (non-hydrogen) atoms. The van der Waals surface area contributed by atoms with Gasteiger partial charge in [-0.3, -0.25) is 0 Å². The van der Waals surface area contributed by atoms with Crippen LogP contribution in [0.25, 0.3) is 22.3 Å². The molecule has 134 valence electrons. The molecule has 1 unspecified atom stereocenters. The van der Waals surface area contributed by atoms with Gasteiger partial charge in [0.1, 0.15) is 17.3 Å². The molecule has 3 heteroatoms. The fourth-order valence-corrected chi connectivity index (χ4v) is 3.36. The van der Waals surface area contributed by atoms with Crippen molar-refractivity contribution < 1.29 is 15.3 Å². The molecule has 3 N–H and O–H groups in total. The highest BCUT2D eigenvalue weighted by Crippen LogP contribution is 2.35. The Morgan fingerprint density at radius 1 is 0.630 bits per heavy atom. The Balaban J connectivity index is 1.82. The maximum atomic E-state index is 9.62. The number of rotatable bonds is 3. The molecule has 0 aliphatic heterocycles. The van der Waals surface area contributed by atoms with Crippen molar-refractivity contribution in [2.75, 3.05) is 0 Å². The molecule has 4 rings (SSSR count). The molecule has 0 heterocycles. The van der Waals surface area contributed by atoms with Gasteiger partial charge in [-0.15, -0.1) is 0 Å². The maximum absolute atomic E-state index is 9.62. The second kappa shape index (κ2) is 7.04. The quantitative estimate of drug-likeness (QED) is 0.546. The Bertz CT molecular complexity index is 949. The Kier molecular flexibility index (Phi) is 4.43. The van der Waals surface area contributed by atoms with E-state index in [1.165, 1.54) is 0 Å². The number of aliphatic hydroxyl groups is 1. The van der Waals surface area contributed by atoms with Crippen LogP contribution >= 0.6 is 0 Å². The average molecular weight is 356 g/mol. The lowest BCUT2D eigenvalue weighted by Crippen LogP contribution is -1.99. The van der Waals surface area contributed by atoms with Gasteiger partial charge in [-0.2, -0.15) is 0 Å². The minimum Gasteiger partial charge on any atom is -0.508 e. The molecular formula is C24H20O3. The molecule has 0 saturated carbocycles. The molecule has 0 amide bonds. The summed E-state index contributed by atoms with van der Waals surface area (Å²) in [6.07, 6.45) is 6.34. The summed E-state index contributed by atoms with van der Waals surface area (Å²) in [5.74, 6) is 0.975. The Hall–Kier alpha value is -3.46. The van der Waals surface area contributed by atoms with Gasteiger partial charge in [0, 0.05) is 5.92 Å². The van der Waals surface area contributed by atoms with Crippen LogP contribution < -0.4 is 0 Å². The molecule has 0 bridgehead atoms. The first-order valence-corrected chi connectivity index (χ1v) is 8.89. The first-order chi connectivity index (χ1) is 13.1. The minimum absolute atomic E-state index is 0.189. The van der Waals surface area contributed by atoms with Crippen LogP contribution in [0.3, 0.4) is 0 Å². The van der Waals surface area contributed by atoms with Crippen molar-refractivity contribution in [2.24, 2.45) is 0 Å². The Labute approximate surface area is 158 Å². The van der Waals surface area contributed by atoms with E-state index in [9.17, 15) is 15.3 Å². The minimum atomic E-state index is 0.189. The van der Waals surface area contributed by atoms with Crippen LogP contribution in [0.5, 0.6) is 11.5 Å². The van der Waals surface area contributed by atoms with E-state index in [-0.39, 0.29) is 17.4 Å². The van der Waals surface area contributed by atoms with E-state index >= 15 is 0 Å². The molecule has 0 radical (unpaired) electrons. The van der Waals surface area contributed by atoms with Crippen molar-refractivity contribution in [2.45, 2.75) is 12.3 Å². The molecule has 1 aliphatic carbocycles. The highest BCUT2D eigenvalue weighted by atomic mass is 16.3. The van der Waals surface area contributed by atoms with Crippen molar-refractivity contribution in [3.63, 3.8) is 0 Å². The predicted molar refractivity (Wildman–Crippen MR) is 108 cm³/mol. The zero-order valence-corrected chi connectivity index (χ0v) is 14.7. The SMILES string of the molecule is OC1=CCC(c2cc(-c3ccc(O)cc3)cc(-c3ccc(O)cc3)c2)C=C1. The number of allylic oxidation sites excluding steroid dienone is 3. The fraction of sp³-hybridized carbons (Fsp3) is 0.0833. The molecule has 3 aromatic rings. The van der Waals surface area contributed by atoms with Gasteiger partial charge >= 0.3 is 0 Å². The predicted octanol–water partition coefficient (Wildman–Crippen LogP) is 5.92. The van der Waals surface area contributed by atoms with Crippen molar-refractivity contribution in [1.29, 1.82) is 0 Å². The number of phenols is 2. The summed E-state index contributed by atoms with van der Waals surface area (Å²) >= 11 is 0. The monoisotopic (exact) mass is 356 g/mol. The summed E-state index contributed by atoms with van der Waals surface area (Å²) in [6, 6.07) is 20.8. The summed E-state index contributed by atoms with van der Waals surface area (Å²) in [4.78, 5) is 0. The largest absolute Gasteiger partial charge is 0.508 e. The van der Waals surface area contributed by atoms with Crippen molar-refractivity contribution in [3.8, 4) is 33.8 Å².